The zero-order valence-corrected chi connectivity index (χ0v) is 11.1. The van der Waals surface area contributed by atoms with Crippen molar-refractivity contribution in [3.05, 3.63) is 36.0 Å². The maximum atomic E-state index is 5.82. The molecule has 90 valence electrons. The second-order valence-corrected chi connectivity index (χ2v) is 4.84. The van der Waals surface area contributed by atoms with Crippen LogP contribution < -0.4 is 4.74 Å². The van der Waals surface area contributed by atoms with Crippen LogP contribution in [-0.2, 0) is 0 Å². The van der Waals surface area contributed by atoms with Gasteiger partial charge in [-0.15, -0.1) is 0 Å². The monoisotopic (exact) mass is 247 g/mol. The molecule has 0 aliphatic carbocycles. The van der Waals surface area contributed by atoms with E-state index in [-0.39, 0.29) is 0 Å². The fourth-order valence-electron chi connectivity index (χ4n) is 1.61. The lowest BCUT2D eigenvalue weighted by Crippen LogP contribution is -1.97. The number of aryl methyl sites for hydroxylation is 1. The molecule has 0 bridgehead atoms. The molecule has 0 unspecified atom stereocenters. The van der Waals surface area contributed by atoms with Gasteiger partial charge in [0.2, 0.25) is 0 Å². The van der Waals surface area contributed by atoms with Crippen molar-refractivity contribution in [1.29, 1.82) is 0 Å². The van der Waals surface area contributed by atoms with Crippen LogP contribution >= 0.6 is 11.5 Å². The Morgan fingerprint density at radius 2 is 2.12 bits per heavy atom. The van der Waals surface area contributed by atoms with E-state index in [1.807, 2.05) is 25.1 Å². The first kappa shape index (κ1) is 12.1. The molecular weight excluding hydrogens is 230 g/mol. The molecule has 0 saturated heterocycles. The third-order valence-electron chi connectivity index (χ3n) is 2.54. The van der Waals surface area contributed by atoms with E-state index in [1.54, 1.807) is 0 Å². The zero-order valence-electron chi connectivity index (χ0n) is 10.3. The summed E-state index contributed by atoms with van der Waals surface area (Å²) in [5.74, 6) is 0.963. The van der Waals surface area contributed by atoms with E-state index in [2.05, 4.69) is 23.4 Å². The van der Waals surface area contributed by atoms with Gasteiger partial charge in [0.1, 0.15) is 5.75 Å². The fraction of sp³-hybridized carbons (Fsp3) is 0.357. The SMILES string of the molecule is CCCCOc1ccccc1-c1cc(C)ns1. The summed E-state index contributed by atoms with van der Waals surface area (Å²) in [6.45, 7) is 4.97. The summed E-state index contributed by atoms with van der Waals surface area (Å²) in [7, 11) is 0. The highest BCUT2D eigenvalue weighted by Crippen LogP contribution is 2.32. The fourth-order valence-corrected chi connectivity index (χ4v) is 2.40. The largest absolute Gasteiger partial charge is 0.493 e. The van der Waals surface area contributed by atoms with E-state index in [9.17, 15) is 0 Å². The van der Waals surface area contributed by atoms with Crippen LogP contribution in [-0.4, -0.2) is 11.0 Å². The number of unbranched alkanes of at least 4 members (excludes halogenated alkanes) is 1. The quantitative estimate of drug-likeness (QED) is 0.735. The van der Waals surface area contributed by atoms with Crippen LogP contribution in [0.1, 0.15) is 25.5 Å². The Balaban J connectivity index is 2.21. The van der Waals surface area contributed by atoms with Crippen molar-refractivity contribution in [2.45, 2.75) is 26.7 Å². The Labute approximate surface area is 106 Å². The van der Waals surface area contributed by atoms with Gasteiger partial charge in [0.15, 0.2) is 0 Å². The minimum absolute atomic E-state index is 0.783. The summed E-state index contributed by atoms with van der Waals surface area (Å²) in [5.41, 5.74) is 2.21. The molecule has 2 nitrogen and oxygen atoms in total. The summed E-state index contributed by atoms with van der Waals surface area (Å²) in [6.07, 6.45) is 2.25. The lowest BCUT2D eigenvalue weighted by molar-refractivity contribution is 0.310. The van der Waals surface area contributed by atoms with Crippen molar-refractivity contribution >= 4 is 11.5 Å². The summed E-state index contributed by atoms with van der Waals surface area (Å²) in [6, 6.07) is 10.3. The minimum Gasteiger partial charge on any atom is -0.493 e. The number of hydrogen-bond acceptors (Lipinski definition) is 3. The first-order valence-electron chi connectivity index (χ1n) is 5.96. The molecule has 0 atom stereocenters. The van der Waals surface area contributed by atoms with Gasteiger partial charge >= 0.3 is 0 Å². The second-order valence-electron chi connectivity index (χ2n) is 4.03. The molecule has 1 aromatic carbocycles. The first-order chi connectivity index (χ1) is 8.31. The summed E-state index contributed by atoms with van der Waals surface area (Å²) >= 11 is 1.53. The van der Waals surface area contributed by atoms with Crippen LogP contribution in [0.25, 0.3) is 10.4 Å². The standard InChI is InChI=1S/C14H17NOS/c1-3-4-9-16-13-8-6-5-7-12(13)14-10-11(2)15-17-14/h5-8,10H,3-4,9H2,1-2H3. The topological polar surface area (TPSA) is 22.1 Å². The number of ether oxygens (including phenoxy) is 1. The average Bonchev–Trinajstić information content (AvgIpc) is 2.77. The first-order valence-corrected chi connectivity index (χ1v) is 6.74. The summed E-state index contributed by atoms with van der Waals surface area (Å²) in [5, 5.41) is 0. The van der Waals surface area contributed by atoms with E-state index in [0.29, 0.717) is 0 Å². The molecule has 0 saturated carbocycles. The van der Waals surface area contributed by atoms with E-state index in [0.717, 1.165) is 36.5 Å². The number of nitrogens with zero attached hydrogens (tertiary/aromatic N) is 1. The van der Waals surface area contributed by atoms with Crippen molar-refractivity contribution in [2.75, 3.05) is 6.61 Å². The maximum Gasteiger partial charge on any atom is 0.127 e. The van der Waals surface area contributed by atoms with Crippen LogP contribution in [0.5, 0.6) is 5.75 Å². The molecule has 0 radical (unpaired) electrons. The molecule has 0 spiro atoms. The molecule has 3 heteroatoms. The Kier molecular flexibility index (Phi) is 4.15. The molecule has 2 aromatic rings. The number of aromatic nitrogens is 1. The molecule has 0 amide bonds. The van der Waals surface area contributed by atoms with Gasteiger partial charge in [-0.25, -0.2) is 0 Å². The smallest absolute Gasteiger partial charge is 0.127 e. The van der Waals surface area contributed by atoms with Crippen LogP contribution in [0.2, 0.25) is 0 Å². The highest BCUT2D eigenvalue weighted by atomic mass is 32.1. The predicted molar refractivity (Wildman–Crippen MR) is 72.7 cm³/mol. The summed E-state index contributed by atoms with van der Waals surface area (Å²) < 4.78 is 10.1. The van der Waals surface area contributed by atoms with Gasteiger partial charge in [-0.3, -0.25) is 0 Å². The highest BCUT2D eigenvalue weighted by molar-refractivity contribution is 7.09. The molecule has 17 heavy (non-hydrogen) atoms. The Bertz CT molecular complexity index is 479. The van der Waals surface area contributed by atoms with Gasteiger partial charge < -0.3 is 4.74 Å². The molecule has 0 aliphatic heterocycles. The van der Waals surface area contributed by atoms with Gasteiger partial charge in [0, 0.05) is 5.56 Å². The minimum atomic E-state index is 0.783. The lowest BCUT2D eigenvalue weighted by Gasteiger charge is -2.09. The Hall–Kier alpha value is -1.35. The van der Waals surface area contributed by atoms with Gasteiger partial charge in [0.05, 0.1) is 17.2 Å². The van der Waals surface area contributed by atoms with Gasteiger partial charge in [0.25, 0.3) is 0 Å². The van der Waals surface area contributed by atoms with Crippen molar-refractivity contribution in [2.24, 2.45) is 0 Å². The number of rotatable bonds is 5. The third kappa shape index (κ3) is 3.07. The number of hydrogen-bond donors (Lipinski definition) is 0. The highest BCUT2D eigenvalue weighted by Gasteiger charge is 2.08. The normalized spacial score (nSPS) is 10.5. The summed E-state index contributed by atoms with van der Waals surface area (Å²) in [4.78, 5) is 1.18. The van der Waals surface area contributed by atoms with Crippen molar-refractivity contribution in [3.8, 4) is 16.2 Å². The molecule has 1 heterocycles. The van der Waals surface area contributed by atoms with Crippen LogP contribution in [0.15, 0.2) is 30.3 Å². The second kappa shape index (κ2) is 5.82. The van der Waals surface area contributed by atoms with Crippen molar-refractivity contribution in [1.82, 2.24) is 4.37 Å². The molecule has 0 fully saturated rings. The molecule has 0 aliphatic rings. The number of benzene rings is 1. The van der Waals surface area contributed by atoms with Crippen molar-refractivity contribution in [3.63, 3.8) is 0 Å². The van der Waals surface area contributed by atoms with E-state index in [4.69, 9.17) is 4.74 Å². The molecular formula is C14H17NOS. The van der Waals surface area contributed by atoms with E-state index >= 15 is 0 Å². The molecule has 0 N–H and O–H groups in total. The van der Waals surface area contributed by atoms with Gasteiger partial charge in [-0.2, -0.15) is 4.37 Å². The molecule has 2 rings (SSSR count). The Morgan fingerprint density at radius 3 is 2.82 bits per heavy atom. The average molecular weight is 247 g/mol. The predicted octanol–water partition coefficient (Wildman–Crippen LogP) is 4.30. The van der Waals surface area contributed by atoms with Gasteiger partial charge in [-0.05, 0) is 43.1 Å². The maximum absolute atomic E-state index is 5.82. The van der Waals surface area contributed by atoms with Crippen LogP contribution in [0.3, 0.4) is 0 Å². The lowest BCUT2D eigenvalue weighted by atomic mass is 10.1. The third-order valence-corrected chi connectivity index (χ3v) is 3.45. The van der Waals surface area contributed by atoms with E-state index in [1.165, 1.54) is 16.4 Å². The van der Waals surface area contributed by atoms with Crippen LogP contribution in [0, 0.1) is 6.92 Å². The van der Waals surface area contributed by atoms with E-state index < -0.39 is 0 Å². The zero-order chi connectivity index (χ0) is 12.1. The Morgan fingerprint density at radius 1 is 1.29 bits per heavy atom. The molecule has 1 aromatic heterocycles. The number of para-hydroxylation sites is 1. The van der Waals surface area contributed by atoms with Crippen LogP contribution in [0.4, 0.5) is 0 Å². The van der Waals surface area contributed by atoms with Gasteiger partial charge in [-0.1, -0.05) is 25.5 Å². The van der Waals surface area contributed by atoms with Crippen molar-refractivity contribution < 1.29 is 4.74 Å².